The van der Waals surface area contributed by atoms with Gasteiger partial charge < -0.3 is 18.6 Å². The highest BCUT2D eigenvalue weighted by Crippen LogP contribution is 2.38. The molecule has 0 radical (unpaired) electrons. The molecule has 0 N–H and O–H groups in total. The predicted molar refractivity (Wildman–Crippen MR) is 94.4 cm³/mol. The van der Waals surface area contributed by atoms with Crippen LogP contribution in [-0.2, 0) is 0 Å². The van der Waals surface area contributed by atoms with Crippen molar-refractivity contribution in [1.82, 2.24) is 0 Å². The Morgan fingerprint density at radius 1 is 1.08 bits per heavy atom. The molecule has 0 unspecified atom stereocenters. The van der Waals surface area contributed by atoms with E-state index in [4.69, 9.17) is 18.6 Å². The monoisotopic (exact) mass is 340 g/mol. The molecule has 1 aromatic heterocycles. The summed E-state index contributed by atoms with van der Waals surface area (Å²) in [6, 6.07) is 7.19. The van der Waals surface area contributed by atoms with E-state index in [2.05, 4.69) is 0 Å². The SMILES string of the molecule is COc1ccc(-c2cc3c(c(=O)o2)C=C2CCCC[C@H]2O3)cc1OC. The fraction of sp³-hybridized carbons (Fsp3) is 0.350. The third kappa shape index (κ3) is 2.80. The van der Waals surface area contributed by atoms with Crippen LogP contribution in [0.15, 0.2) is 39.1 Å². The Hall–Kier alpha value is -2.69. The summed E-state index contributed by atoms with van der Waals surface area (Å²) in [5.41, 5.74) is 2.07. The van der Waals surface area contributed by atoms with Crippen LogP contribution in [0.25, 0.3) is 17.4 Å². The highest BCUT2D eigenvalue weighted by molar-refractivity contribution is 5.68. The molecule has 0 bridgehead atoms. The summed E-state index contributed by atoms with van der Waals surface area (Å²) in [6.45, 7) is 0. The summed E-state index contributed by atoms with van der Waals surface area (Å²) < 4.78 is 22.2. The zero-order valence-electron chi connectivity index (χ0n) is 14.3. The summed E-state index contributed by atoms with van der Waals surface area (Å²) in [5, 5.41) is 0. The Balaban J connectivity index is 1.78. The van der Waals surface area contributed by atoms with Crippen molar-refractivity contribution in [2.75, 3.05) is 14.2 Å². The molecule has 2 heterocycles. The van der Waals surface area contributed by atoms with Gasteiger partial charge in [0.1, 0.15) is 23.2 Å². The molecule has 1 aliphatic carbocycles. The van der Waals surface area contributed by atoms with Crippen LogP contribution in [0.2, 0.25) is 0 Å². The van der Waals surface area contributed by atoms with E-state index in [0.29, 0.717) is 28.6 Å². The molecule has 130 valence electrons. The summed E-state index contributed by atoms with van der Waals surface area (Å²) in [5.74, 6) is 2.25. The van der Waals surface area contributed by atoms with Crippen molar-refractivity contribution >= 4 is 6.08 Å². The molecule has 1 aliphatic heterocycles. The van der Waals surface area contributed by atoms with Gasteiger partial charge in [0.15, 0.2) is 11.5 Å². The quantitative estimate of drug-likeness (QED) is 0.844. The van der Waals surface area contributed by atoms with Crippen LogP contribution in [0.1, 0.15) is 31.2 Å². The molecule has 1 atom stereocenters. The lowest BCUT2D eigenvalue weighted by molar-refractivity contribution is 0.198. The Kier molecular flexibility index (Phi) is 3.99. The van der Waals surface area contributed by atoms with E-state index < -0.39 is 0 Å². The van der Waals surface area contributed by atoms with Gasteiger partial charge in [-0.05, 0) is 55.5 Å². The molecule has 0 spiro atoms. The minimum Gasteiger partial charge on any atom is -0.493 e. The van der Waals surface area contributed by atoms with Gasteiger partial charge in [-0.25, -0.2) is 4.79 Å². The highest BCUT2D eigenvalue weighted by atomic mass is 16.5. The van der Waals surface area contributed by atoms with E-state index in [9.17, 15) is 4.79 Å². The second-order valence-electron chi connectivity index (χ2n) is 6.32. The molecule has 0 saturated heterocycles. The Morgan fingerprint density at radius 3 is 2.72 bits per heavy atom. The van der Waals surface area contributed by atoms with Crippen LogP contribution in [0, 0.1) is 0 Å². The van der Waals surface area contributed by atoms with Crippen LogP contribution in [0.3, 0.4) is 0 Å². The smallest absolute Gasteiger partial charge is 0.347 e. The Bertz CT molecular complexity index is 893. The lowest BCUT2D eigenvalue weighted by Crippen LogP contribution is -2.27. The van der Waals surface area contributed by atoms with Crippen LogP contribution in [0.5, 0.6) is 17.2 Å². The Morgan fingerprint density at radius 2 is 1.92 bits per heavy atom. The molecule has 5 heteroatoms. The minimum atomic E-state index is -0.376. The van der Waals surface area contributed by atoms with Gasteiger partial charge in [0.2, 0.25) is 0 Å². The van der Waals surface area contributed by atoms with Crippen molar-refractivity contribution in [3.8, 4) is 28.6 Å². The molecular weight excluding hydrogens is 320 g/mol. The van der Waals surface area contributed by atoms with E-state index in [1.165, 1.54) is 5.57 Å². The zero-order valence-corrected chi connectivity index (χ0v) is 14.3. The molecule has 25 heavy (non-hydrogen) atoms. The lowest BCUT2D eigenvalue weighted by Gasteiger charge is -2.30. The first-order chi connectivity index (χ1) is 12.2. The van der Waals surface area contributed by atoms with Crippen LogP contribution in [-0.4, -0.2) is 20.3 Å². The van der Waals surface area contributed by atoms with Gasteiger partial charge in [-0.2, -0.15) is 0 Å². The van der Waals surface area contributed by atoms with E-state index in [-0.39, 0.29) is 11.7 Å². The molecule has 5 nitrogen and oxygen atoms in total. The fourth-order valence-electron chi connectivity index (χ4n) is 3.48. The van der Waals surface area contributed by atoms with Gasteiger partial charge in [0.25, 0.3) is 0 Å². The summed E-state index contributed by atoms with van der Waals surface area (Å²) in [6.07, 6.45) is 6.32. The van der Waals surface area contributed by atoms with Gasteiger partial charge in [-0.1, -0.05) is 0 Å². The maximum Gasteiger partial charge on any atom is 0.347 e. The maximum atomic E-state index is 12.5. The number of benzene rings is 1. The first-order valence-corrected chi connectivity index (χ1v) is 8.47. The molecule has 2 aliphatic rings. The van der Waals surface area contributed by atoms with Crippen molar-refractivity contribution in [2.45, 2.75) is 31.8 Å². The van der Waals surface area contributed by atoms with Crippen molar-refractivity contribution in [3.63, 3.8) is 0 Å². The van der Waals surface area contributed by atoms with Crippen LogP contribution < -0.4 is 19.8 Å². The molecular formula is C20H20O5. The number of ether oxygens (including phenoxy) is 3. The van der Waals surface area contributed by atoms with Gasteiger partial charge in [-0.15, -0.1) is 0 Å². The maximum absolute atomic E-state index is 12.5. The normalized spacial score (nSPS) is 18.5. The number of hydrogen-bond acceptors (Lipinski definition) is 5. The second kappa shape index (κ2) is 6.31. The second-order valence-corrected chi connectivity index (χ2v) is 6.32. The zero-order chi connectivity index (χ0) is 17.4. The average Bonchev–Trinajstić information content (AvgIpc) is 2.66. The first-order valence-electron chi connectivity index (χ1n) is 8.47. The van der Waals surface area contributed by atoms with E-state index in [0.717, 1.165) is 31.2 Å². The number of rotatable bonds is 3. The Labute approximate surface area is 145 Å². The minimum absolute atomic E-state index is 0.0845. The topological polar surface area (TPSA) is 57.9 Å². The molecule has 1 saturated carbocycles. The third-order valence-electron chi connectivity index (χ3n) is 4.81. The molecule has 2 aromatic rings. The molecule has 1 aromatic carbocycles. The average molecular weight is 340 g/mol. The van der Waals surface area contributed by atoms with Crippen molar-refractivity contribution in [3.05, 3.63) is 45.8 Å². The van der Waals surface area contributed by atoms with Gasteiger partial charge >= 0.3 is 5.63 Å². The van der Waals surface area contributed by atoms with Crippen LogP contribution >= 0.6 is 0 Å². The van der Waals surface area contributed by atoms with Gasteiger partial charge in [0, 0.05) is 11.6 Å². The van der Waals surface area contributed by atoms with Crippen molar-refractivity contribution < 1.29 is 18.6 Å². The molecule has 0 amide bonds. The van der Waals surface area contributed by atoms with Crippen LogP contribution in [0.4, 0.5) is 0 Å². The van der Waals surface area contributed by atoms with E-state index in [1.54, 1.807) is 32.4 Å². The van der Waals surface area contributed by atoms with Crippen molar-refractivity contribution in [1.29, 1.82) is 0 Å². The summed E-state index contributed by atoms with van der Waals surface area (Å²) in [7, 11) is 3.15. The number of methoxy groups -OCH3 is 2. The third-order valence-corrected chi connectivity index (χ3v) is 4.81. The molecule has 4 rings (SSSR count). The standard InChI is InChI=1S/C20H20O5/c1-22-16-8-7-13(10-19(16)23-2)17-11-18-14(20(21)25-17)9-12-5-3-4-6-15(12)24-18/h7-11,15H,3-6H2,1-2H3/t15-/m1/s1. The number of hydrogen-bond donors (Lipinski definition) is 0. The first kappa shape index (κ1) is 15.8. The largest absolute Gasteiger partial charge is 0.493 e. The predicted octanol–water partition coefficient (Wildman–Crippen LogP) is 4.04. The fourth-order valence-corrected chi connectivity index (χ4v) is 3.48. The van der Waals surface area contributed by atoms with E-state index in [1.807, 2.05) is 12.1 Å². The van der Waals surface area contributed by atoms with Crippen molar-refractivity contribution in [2.24, 2.45) is 0 Å². The summed E-state index contributed by atoms with van der Waals surface area (Å²) >= 11 is 0. The lowest BCUT2D eigenvalue weighted by atomic mass is 9.89. The highest BCUT2D eigenvalue weighted by Gasteiger charge is 2.28. The molecule has 1 fully saturated rings. The van der Waals surface area contributed by atoms with E-state index >= 15 is 0 Å². The summed E-state index contributed by atoms with van der Waals surface area (Å²) in [4.78, 5) is 12.5. The number of fused-ring (bicyclic) bond motifs is 2. The van der Waals surface area contributed by atoms with Gasteiger partial charge in [0.05, 0.1) is 14.2 Å². The van der Waals surface area contributed by atoms with Gasteiger partial charge in [-0.3, -0.25) is 0 Å².